The summed E-state index contributed by atoms with van der Waals surface area (Å²) < 4.78 is 24.2. The molecule has 7 heteroatoms. The lowest BCUT2D eigenvalue weighted by Crippen LogP contribution is -2.10. The predicted molar refractivity (Wildman–Crippen MR) is 110 cm³/mol. The second kappa shape index (κ2) is 8.31. The molecule has 0 saturated heterocycles. The molecule has 0 aliphatic carbocycles. The number of ether oxygens (including phenoxy) is 2. The van der Waals surface area contributed by atoms with Gasteiger partial charge in [-0.1, -0.05) is 48.0 Å². The van der Waals surface area contributed by atoms with Crippen molar-refractivity contribution in [2.75, 3.05) is 0 Å². The van der Waals surface area contributed by atoms with Crippen molar-refractivity contribution in [1.82, 2.24) is 0 Å². The second-order valence-corrected chi connectivity index (χ2v) is 6.66. The molecule has 0 atom stereocenters. The van der Waals surface area contributed by atoms with Gasteiger partial charge < -0.3 is 9.47 Å². The van der Waals surface area contributed by atoms with Gasteiger partial charge in [0.05, 0.1) is 16.1 Å². The van der Waals surface area contributed by atoms with Crippen LogP contribution < -0.4 is 4.74 Å². The quantitative estimate of drug-likeness (QED) is 0.336. The van der Waals surface area contributed by atoms with E-state index in [4.69, 9.17) is 21.1 Å². The maximum absolute atomic E-state index is 13.8. The van der Waals surface area contributed by atoms with Crippen LogP contribution in [0.15, 0.2) is 83.5 Å². The predicted octanol–water partition coefficient (Wildman–Crippen LogP) is 5.04. The van der Waals surface area contributed by atoms with Crippen LogP contribution in [0.5, 0.6) is 5.75 Å². The second-order valence-electron chi connectivity index (χ2n) is 6.26. The third-order valence-electron chi connectivity index (χ3n) is 4.19. The molecular weight excluding hydrogens is 409 g/mol. The van der Waals surface area contributed by atoms with Gasteiger partial charge in [-0.3, -0.25) is 0 Å². The molecule has 148 valence electrons. The molecule has 0 bridgehead atoms. The highest BCUT2D eigenvalue weighted by Gasteiger charge is 2.25. The lowest BCUT2D eigenvalue weighted by molar-refractivity contribution is -0.129. The lowest BCUT2D eigenvalue weighted by Gasteiger charge is -2.06. The highest BCUT2D eigenvalue weighted by atomic mass is 35.5. The molecule has 4 rings (SSSR count). The van der Waals surface area contributed by atoms with Crippen molar-refractivity contribution in [1.29, 1.82) is 0 Å². The minimum Gasteiger partial charge on any atom is -0.423 e. The van der Waals surface area contributed by atoms with Crippen LogP contribution in [0, 0.1) is 5.82 Å². The number of nitrogens with zero attached hydrogens (tertiary/aromatic N) is 1. The lowest BCUT2D eigenvalue weighted by atomic mass is 10.2. The molecular formula is C23H13ClFNO4. The molecule has 1 heterocycles. The molecule has 3 aromatic carbocycles. The number of esters is 2. The Bertz CT molecular complexity index is 1220. The number of benzene rings is 3. The average Bonchev–Trinajstić information content (AvgIpc) is 3.09. The van der Waals surface area contributed by atoms with E-state index in [2.05, 4.69) is 4.99 Å². The molecule has 0 saturated carbocycles. The Morgan fingerprint density at radius 3 is 2.60 bits per heavy atom. The normalized spacial score (nSPS) is 14.4. The van der Waals surface area contributed by atoms with Gasteiger partial charge >= 0.3 is 11.9 Å². The molecule has 0 N–H and O–H groups in total. The Hall–Kier alpha value is -3.77. The van der Waals surface area contributed by atoms with Crippen molar-refractivity contribution in [2.24, 2.45) is 4.99 Å². The molecule has 1 aliphatic rings. The van der Waals surface area contributed by atoms with Crippen molar-refractivity contribution in [3.05, 3.63) is 106 Å². The maximum atomic E-state index is 13.8. The first-order valence-corrected chi connectivity index (χ1v) is 9.23. The molecule has 0 fully saturated rings. The van der Waals surface area contributed by atoms with Gasteiger partial charge in [-0.25, -0.2) is 19.0 Å². The van der Waals surface area contributed by atoms with Gasteiger partial charge in [-0.15, -0.1) is 0 Å². The van der Waals surface area contributed by atoms with E-state index in [-0.39, 0.29) is 22.9 Å². The molecule has 0 spiro atoms. The highest BCUT2D eigenvalue weighted by Crippen LogP contribution is 2.25. The van der Waals surface area contributed by atoms with Crippen LogP contribution in [0.3, 0.4) is 0 Å². The number of cyclic esters (lactones) is 1. The number of aliphatic imine (C=N–C) groups is 1. The molecule has 0 radical (unpaired) electrons. The number of rotatable bonds is 4. The zero-order chi connectivity index (χ0) is 21.1. The summed E-state index contributed by atoms with van der Waals surface area (Å²) in [5.74, 6) is -1.81. The Morgan fingerprint density at radius 2 is 1.80 bits per heavy atom. The summed E-state index contributed by atoms with van der Waals surface area (Å²) in [6.45, 7) is 0. The standard InChI is InChI=1S/C23H13ClFNO4/c24-18-10-3-1-8-16(18)21-26-20(23(28)30-21)13-14-6-5-7-15(12-14)29-22(27)17-9-2-4-11-19(17)25/h1-13H/b20-13-. The Balaban J connectivity index is 1.58. The maximum Gasteiger partial charge on any atom is 0.363 e. The number of hydrogen-bond donors (Lipinski definition) is 0. The summed E-state index contributed by atoms with van der Waals surface area (Å²) in [5.41, 5.74) is 0.950. The highest BCUT2D eigenvalue weighted by molar-refractivity contribution is 6.34. The van der Waals surface area contributed by atoms with Crippen LogP contribution in [0.4, 0.5) is 4.39 Å². The summed E-state index contributed by atoms with van der Waals surface area (Å²) in [4.78, 5) is 28.6. The fourth-order valence-electron chi connectivity index (χ4n) is 2.77. The van der Waals surface area contributed by atoms with E-state index in [1.165, 1.54) is 30.3 Å². The molecule has 5 nitrogen and oxygen atoms in total. The third kappa shape index (κ3) is 4.14. The van der Waals surface area contributed by atoms with Crippen LogP contribution in [0.2, 0.25) is 5.02 Å². The van der Waals surface area contributed by atoms with Gasteiger partial charge in [0, 0.05) is 0 Å². The minimum absolute atomic E-state index is 0.0718. The van der Waals surface area contributed by atoms with Gasteiger partial charge in [0.2, 0.25) is 5.90 Å². The monoisotopic (exact) mass is 421 g/mol. The zero-order valence-electron chi connectivity index (χ0n) is 15.3. The van der Waals surface area contributed by atoms with E-state index in [1.807, 2.05) is 0 Å². The van der Waals surface area contributed by atoms with Crippen LogP contribution in [-0.2, 0) is 9.53 Å². The molecule has 30 heavy (non-hydrogen) atoms. The largest absolute Gasteiger partial charge is 0.423 e. The SMILES string of the molecule is O=C1OC(c2ccccc2Cl)=N/C1=C\c1cccc(OC(=O)c2ccccc2F)c1. The third-order valence-corrected chi connectivity index (χ3v) is 4.52. The molecule has 0 amide bonds. The molecule has 3 aromatic rings. The summed E-state index contributed by atoms with van der Waals surface area (Å²) >= 11 is 6.12. The summed E-state index contributed by atoms with van der Waals surface area (Å²) in [5, 5.41) is 0.410. The summed E-state index contributed by atoms with van der Waals surface area (Å²) in [6.07, 6.45) is 1.49. The van der Waals surface area contributed by atoms with Crippen LogP contribution in [-0.4, -0.2) is 17.8 Å². The van der Waals surface area contributed by atoms with E-state index in [0.717, 1.165) is 0 Å². The fourth-order valence-corrected chi connectivity index (χ4v) is 2.99. The van der Waals surface area contributed by atoms with Crippen molar-refractivity contribution in [3.63, 3.8) is 0 Å². The van der Waals surface area contributed by atoms with Gasteiger partial charge in [-0.05, 0) is 48.0 Å². The summed E-state index contributed by atoms with van der Waals surface area (Å²) in [6, 6.07) is 18.8. The molecule has 0 unspecified atom stereocenters. The number of halogens is 2. The Labute approximate surface area is 176 Å². The van der Waals surface area contributed by atoms with Crippen LogP contribution >= 0.6 is 11.6 Å². The van der Waals surface area contributed by atoms with Crippen LogP contribution in [0.1, 0.15) is 21.5 Å². The van der Waals surface area contributed by atoms with E-state index >= 15 is 0 Å². The number of carbonyl (C=O) groups is 2. The Morgan fingerprint density at radius 1 is 1.03 bits per heavy atom. The summed E-state index contributed by atoms with van der Waals surface area (Å²) in [7, 11) is 0. The topological polar surface area (TPSA) is 65.0 Å². The first-order valence-electron chi connectivity index (χ1n) is 8.85. The van der Waals surface area contributed by atoms with E-state index < -0.39 is 17.8 Å². The molecule has 0 aromatic heterocycles. The fraction of sp³-hybridized carbons (Fsp3) is 0. The van der Waals surface area contributed by atoms with Crippen molar-refractivity contribution >= 4 is 35.5 Å². The first-order chi connectivity index (χ1) is 14.5. The Kier molecular flexibility index (Phi) is 5.41. The average molecular weight is 422 g/mol. The smallest absolute Gasteiger partial charge is 0.363 e. The van der Waals surface area contributed by atoms with Gasteiger partial charge in [0.1, 0.15) is 11.6 Å². The van der Waals surface area contributed by atoms with E-state index in [0.29, 0.717) is 16.1 Å². The van der Waals surface area contributed by atoms with Crippen LogP contribution in [0.25, 0.3) is 6.08 Å². The van der Waals surface area contributed by atoms with E-state index in [9.17, 15) is 14.0 Å². The van der Waals surface area contributed by atoms with Crippen molar-refractivity contribution < 1.29 is 23.5 Å². The van der Waals surface area contributed by atoms with Crippen molar-refractivity contribution in [3.8, 4) is 5.75 Å². The number of carbonyl (C=O) groups excluding carboxylic acids is 2. The van der Waals surface area contributed by atoms with Gasteiger partial charge in [0.15, 0.2) is 5.70 Å². The zero-order valence-corrected chi connectivity index (χ0v) is 16.1. The number of hydrogen-bond acceptors (Lipinski definition) is 5. The minimum atomic E-state index is -0.822. The molecule has 1 aliphatic heterocycles. The van der Waals surface area contributed by atoms with Crippen molar-refractivity contribution in [2.45, 2.75) is 0 Å². The van der Waals surface area contributed by atoms with Gasteiger partial charge in [0.25, 0.3) is 0 Å². The van der Waals surface area contributed by atoms with E-state index in [1.54, 1.807) is 48.5 Å². The van der Waals surface area contributed by atoms with Gasteiger partial charge in [-0.2, -0.15) is 0 Å². The first kappa shape index (κ1) is 19.5.